The Morgan fingerprint density at radius 1 is 0.638 bits per heavy atom. The van der Waals surface area contributed by atoms with E-state index in [9.17, 15) is 43.8 Å². The Balaban J connectivity index is 1.21. The van der Waals surface area contributed by atoms with Crippen LogP contribution in [0, 0.1) is 13.8 Å². The number of cyclic esters (lactones) is 6. The topological polar surface area (TPSA) is 249 Å². The molecule has 0 saturated carbocycles. The van der Waals surface area contributed by atoms with Crippen LogP contribution in [0.15, 0.2) is 107 Å². The van der Waals surface area contributed by atoms with Gasteiger partial charge in [-0.05, 0) is 49.3 Å². The first-order valence-electron chi connectivity index (χ1n) is 17.1. The number of allylic oxidation sites excluding steroid dienone is 8. The highest BCUT2D eigenvalue weighted by molar-refractivity contribution is 6.17. The van der Waals surface area contributed by atoms with E-state index in [0.717, 1.165) is 38.2 Å². The number of carbonyl (C=O) groups is 7. The van der Waals surface area contributed by atoms with Gasteiger partial charge in [0.15, 0.2) is 12.6 Å². The highest BCUT2D eigenvalue weighted by atomic mass is 16.8. The summed E-state index contributed by atoms with van der Waals surface area (Å²) >= 11 is 0. The Kier molecular flexibility index (Phi) is 12.2. The lowest BCUT2D eigenvalue weighted by Crippen LogP contribution is -2.48. The monoisotopic (exact) mass is 802 g/mol. The van der Waals surface area contributed by atoms with Crippen molar-refractivity contribution < 1.29 is 86.4 Å². The number of esters is 6. The van der Waals surface area contributed by atoms with Crippen LogP contribution in [0.25, 0.3) is 0 Å². The van der Waals surface area contributed by atoms with Crippen molar-refractivity contribution in [2.24, 2.45) is 0 Å². The molecule has 0 spiro atoms. The molecular formula is C40H34O18-2. The molecule has 2 saturated heterocycles. The van der Waals surface area contributed by atoms with Gasteiger partial charge in [0.1, 0.15) is 17.8 Å². The average Bonchev–Trinajstić information content (AvgIpc) is 3.12. The fraction of sp³-hybridized carbons (Fsp3) is 0.275. The van der Waals surface area contributed by atoms with Crippen molar-refractivity contribution in [3.05, 3.63) is 129 Å². The van der Waals surface area contributed by atoms with Gasteiger partial charge in [0, 0.05) is 39.0 Å². The lowest BCUT2D eigenvalue weighted by molar-refractivity contribution is -0.383. The summed E-state index contributed by atoms with van der Waals surface area (Å²) in [5.74, 6) is -12.3. The van der Waals surface area contributed by atoms with Crippen molar-refractivity contribution in [3.8, 4) is 0 Å². The second kappa shape index (κ2) is 16.9. The molecule has 58 heavy (non-hydrogen) atoms. The van der Waals surface area contributed by atoms with Gasteiger partial charge in [-0.3, -0.25) is 4.79 Å². The first-order valence-corrected chi connectivity index (χ1v) is 17.1. The molecular weight excluding hydrogens is 768 g/mol. The van der Waals surface area contributed by atoms with Crippen LogP contribution in [0.4, 0.5) is 0 Å². The van der Waals surface area contributed by atoms with Crippen LogP contribution < -0.4 is 10.2 Å². The van der Waals surface area contributed by atoms with E-state index in [4.69, 9.17) is 42.6 Å². The van der Waals surface area contributed by atoms with E-state index in [1.807, 2.05) is 0 Å². The number of rotatable bonds is 11. The lowest BCUT2D eigenvalue weighted by atomic mass is 9.98. The summed E-state index contributed by atoms with van der Waals surface area (Å²) in [7, 11) is 1.35. The third-order valence-corrected chi connectivity index (χ3v) is 8.51. The predicted octanol–water partition coefficient (Wildman–Crippen LogP) is 1.54. The highest BCUT2D eigenvalue weighted by Gasteiger charge is 2.46. The van der Waals surface area contributed by atoms with E-state index in [1.165, 1.54) is 62.6 Å². The third-order valence-electron chi connectivity index (χ3n) is 8.51. The zero-order chi connectivity index (χ0) is 42.5. The van der Waals surface area contributed by atoms with E-state index >= 15 is 0 Å². The summed E-state index contributed by atoms with van der Waals surface area (Å²) in [5.41, 5.74) is -0.405. The molecule has 0 radical (unpaired) electrons. The normalized spacial score (nSPS) is 25.3. The zero-order valence-corrected chi connectivity index (χ0v) is 31.6. The Morgan fingerprint density at radius 2 is 1.03 bits per heavy atom. The molecule has 1 aromatic carbocycles. The molecule has 2 fully saturated rings. The van der Waals surface area contributed by atoms with Crippen LogP contribution in [0.1, 0.15) is 55.6 Å². The number of ether oxygens (including phenoxy) is 9. The standard InChI is InChI=1S/C40H36O18/c1-20-18-28(38-53-31(44)24(32(45)54-38)14-10-8-12-16-26-35(48)57-40(5,22(3)41)58-36(26)49)21(2)17-27(20)37-51-29(42)23(30(43)52-37)13-9-7-11-15-25-33(46)55-39(4,19-50-6)56-34(25)47/h7-18,37-38,42,44H,19H2,1-6H3/p-2/b11-7+,12-8+,13-9+,14-10+,25-15?,26-16?. The molecule has 0 amide bonds. The van der Waals surface area contributed by atoms with E-state index in [-0.39, 0.29) is 23.3 Å². The van der Waals surface area contributed by atoms with Gasteiger partial charge in [-0.1, -0.05) is 48.6 Å². The van der Waals surface area contributed by atoms with Crippen molar-refractivity contribution in [1.82, 2.24) is 0 Å². The molecule has 1 aromatic rings. The summed E-state index contributed by atoms with van der Waals surface area (Å²) in [6.07, 6.45) is 9.14. The second-order valence-electron chi connectivity index (χ2n) is 13.0. The van der Waals surface area contributed by atoms with Crippen LogP contribution in [-0.4, -0.2) is 66.9 Å². The van der Waals surface area contributed by atoms with Crippen LogP contribution in [-0.2, 0) is 76.2 Å². The van der Waals surface area contributed by atoms with Crippen LogP contribution >= 0.6 is 0 Å². The van der Waals surface area contributed by atoms with Crippen molar-refractivity contribution in [3.63, 3.8) is 0 Å². The maximum absolute atomic E-state index is 12.8. The third kappa shape index (κ3) is 9.08. The molecule has 0 N–H and O–H groups in total. The van der Waals surface area contributed by atoms with Crippen molar-refractivity contribution in [2.75, 3.05) is 13.7 Å². The minimum Gasteiger partial charge on any atom is -0.573 e. The Bertz CT molecular complexity index is 2180. The molecule has 2 atom stereocenters. The quantitative estimate of drug-likeness (QED) is 0.101. The van der Waals surface area contributed by atoms with Crippen LogP contribution in [0.5, 0.6) is 0 Å². The highest BCUT2D eigenvalue weighted by Crippen LogP contribution is 2.36. The van der Waals surface area contributed by atoms with Gasteiger partial charge in [0.2, 0.25) is 5.78 Å². The van der Waals surface area contributed by atoms with Gasteiger partial charge in [-0.2, -0.15) is 0 Å². The minimum absolute atomic E-state index is 0.165. The summed E-state index contributed by atoms with van der Waals surface area (Å²) in [6.45, 7) is 6.62. The Labute approximate surface area is 329 Å². The number of benzene rings is 1. The van der Waals surface area contributed by atoms with Crippen LogP contribution in [0.2, 0.25) is 0 Å². The van der Waals surface area contributed by atoms with Crippen molar-refractivity contribution in [1.29, 1.82) is 0 Å². The molecule has 2 unspecified atom stereocenters. The molecule has 0 aromatic heterocycles. The Morgan fingerprint density at radius 3 is 1.40 bits per heavy atom. The molecule has 304 valence electrons. The van der Waals surface area contributed by atoms with E-state index in [0.29, 0.717) is 11.1 Å². The molecule has 18 nitrogen and oxygen atoms in total. The zero-order valence-electron chi connectivity index (χ0n) is 31.6. The Hall–Kier alpha value is -7.21. The van der Waals surface area contributed by atoms with Crippen molar-refractivity contribution in [2.45, 2.75) is 58.8 Å². The lowest BCUT2D eigenvalue weighted by Gasteiger charge is -2.36. The molecule has 18 heteroatoms. The molecule has 4 heterocycles. The summed E-state index contributed by atoms with van der Waals surface area (Å²) in [4.78, 5) is 86.1. The minimum atomic E-state index is -2.03. The van der Waals surface area contributed by atoms with E-state index in [1.54, 1.807) is 13.8 Å². The predicted molar refractivity (Wildman–Crippen MR) is 186 cm³/mol. The molecule has 4 aliphatic rings. The van der Waals surface area contributed by atoms with Gasteiger partial charge >= 0.3 is 41.6 Å². The number of aryl methyl sites for hydroxylation is 2. The van der Waals surface area contributed by atoms with E-state index < -0.39 is 94.4 Å². The summed E-state index contributed by atoms with van der Waals surface area (Å²) < 4.78 is 46.4. The van der Waals surface area contributed by atoms with Crippen LogP contribution in [0.3, 0.4) is 0 Å². The maximum atomic E-state index is 12.8. The summed E-state index contributed by atoms with van der Waals surface area (Å²) in [6, 6.07) is 3.01. The van der Waals surface area contributed by atoms with Gasteiger partial charge in [-0.15, -0.1) is 0 Å². The van der Waals surface area contributed by atoms with Gasteiger partial charge in [0.05, 0.1) is 23.0 Å². The number of carbonyl (C=O) groups excluding carboxylic acids is 7. The number of methoxy groups -OCH3 is 1. The second-order valence-corrected chi connectivity index (χ2v) is 13.0. The van der Waals surface area contributed by atoms with E-state index in [2.05, 4.69) is 0 Å². The van der Waals surface area contributed by atoms with Gasteiger partial charge in [0.25, 0.3) is 5.79 Å². The fourth-order valence-corrected chi connectivity index (χ4v) is 5.40. The average molecular weight is 803 g/mol. The molecule has 0 bridgehead atoms. The fourth-order valence-electron chi connectivity index (χ4n) is 5.40. The number of hydrogen-bond acceptors (Lipinski definition) is 18. The first-order chi connectivity index (χ1) is 27.4. The maximum Gasteiger partial charge on any atom is 0.349 e. The summed E-state index contributed by atoms with van der Waals surface area (Å²) in [5, 5.41) is 25.6. The first kappa shape index (κ1) is 41.9. The number of Topliss-reactive ketones (excluding diaryl/α,β-unsaturated/α-hetero) is 1. The SMILES string of the molecule is COCC1(C)OC(=O)C(=C/C=C/C=C/C2=C([O-])OC(c3cc(C)c(C4OC(=O)C(/C=C/C=C/C=C5C(=O)OC(C)(C(C)=O)OC5=O)=C([O-])O4)cc3C)OC2=O)C(=O)O1. The largest absolute Gasteiger partial charge is 0.573 e. The number of hydrogen-bond donors (Lipinski definition) is 0. The van der Waals surface area contributed by atoms with Gasteiger partial charge in [-0.25, -0.2) is 28.8 Å². The molecule has 4 aliphatic heterocycles. The number of ketones is 1. The molecule has 0 aliphatic carbocycles. The van der Waals surface area contributed by atoms with Crippen molar-refractivity contribution >= 4 is 41.6 Å². The smallest absolute Gasteiger partial charge is 0.349 e. The van der Waals surface area contributed by atoms with Gasteiger partial charge < -0.3 is 52.8 Å². The molecule has 5 rings (SSSR count).